The van der Waals surface area contributed by atoms with E-state index in [9.17, 15) is 27.9 Å². The highest BCUT2D eigenvalue weighted by molar-refractivity contribution is 5.95. The van der Waals surface area contributed by atoms with Gasteiger partial charge in [-0.25, -0.2) is 15.0 Å². The van der Waals surface area contributed by atoms with Crippen molar-refractivity contribution in [1.29, 1.82) is 0 Å². The summed E-state index contributed by atoms with van der Waals surface area (Å²) in [6, 6.07) is 0.273. The number of rotatable bonds is 6. The maximum Gasteiger partial charge on any atom is 0.405 e. The topological polar surface area (TPSA) is 150 Å². The third kappa shape index (κ3) is 5.82. The largest absolute Gasteiger partial charge is 0.405 e. The highest BCUT2D eigenvalue weighted by Gasteiger charge is 2.29. The van der Waals surface area contributed by atoms with Gasteiger partial charge < -0.3 is 25.6 Å². The van der Waals surface area contributed by atoms with Crippen molar-refractivity contribution in [2.45, 2.75) is 38.1 Å². The number of hydrogen-bond acceptors (Lipinski definition) is 7. The molecule has 11 nitrogen and oxygen atoms in total. The number of nitrogens with one attached hydrogen (secondary N) is 4. The Balaban J connectivity index is 1.65. The van der Waals surface area contributed by atoms with Crippen molar-refractivity contribution in [3.05, 3.63) is 30.5 Å². The second kappa shape index (κ2) is 9.82. The molecule has 0 bridgehead atoms. The van der Waals surface area contributed by atoms with E-state index >= 15 is 0 Å². The van der Waals surface area contributed by atoms with Gasteiger partial charge in [0.2, 0.25) is 5.91 Å². The van der Waals surface area contributed by atoms with Crippen LogP contribution in [-0.4, -0.2) is 79.7 Å². The van der Waals surface area contributed by atoms with Gasteiger partial charge in [0.25, 0.3) is 17.9 Å². The number of aromatic nitrogens is 5. The average Bonchev–Trinajstić information content (AvgIpc) is 3.26. The van der Waals surface area contributed by atoms with Crippen molar-refractivity contribution in [2.24, 2.45) is 0 Å². The van der Waals surface area contributed by atoms with Gasteiger partial charge in [-0.15, -0.1) is 0 Å². The third-order valence-electron chi connectivity index (χ3n) is 5.55. The minimum atomic E-state index is -4.54. The molecule has 0 aromatic carbocycles. The molecule has 0 saturated carbocycles. The molecule has 3 aromatic heterocycles. The predicted molar refractivity (Wildman–Crippen MR) is 117 cm³/mol. The fourth-order valence-electron chi connectivity index (χ4n) is 3.69. The van der Waals surface area contributed by atoms with E-state index in [2.05, 4.69) is 30.2 Å². The van der Waals surface area contributed by atoms with E-state index < -0.39 is 30.8 Å². The molecule has 3 aromatic rings. The van der Waals surface area contributed by atoms with Crippen LogP contribution in [0.25, 0.3) is 22.4 Å². The summed E-state index contributed by atoms with van der Waals surface area (Å²) >= 11 is 0. The van der Waals surface area contributed by atoms with Crippen LogP contribution in [0.1, 0.15) is 30.3 Å². The van der Waals surface area contributed by atoms with Crippen molar-refractivity contribution in [3.63, 3.8) is 0 Å². The number of carbonyl (C=O) groups is 2. The van der Waals surface area contributed by atoms with Gasteiger partial charge in [-0.05, 0) is 24.7 Å². The zero-order chi connectivity index (χ0) is 25.2. The summed E-state index contributed by atoms with van der Waals surface area (Å²) in [6.07, 6.45) is 0.656. The van der Waals surface area contributed by atoms with Crippen molar-refractivity contribution in [1.82, 2.24) is 30.2 Å². The van der Waals surface area contributed by atoms with Crippen LogP contribution in [0.4, 0.5) is 19.0 Å². The first-order valence-corrected chi connectivity index (χ1v) is 10.9. The van der Waals surface area contributed by atoms with Crippen LogP contribution in [0.3, 0.4) is 0 Å². The summed E-state index contributed by atoms with van der Waals surface area (Å²) in [5.41, 5.74) is 1.13. The van der Waals surface area contributed by atoms with E-state index in [4.69, 9.17) is 0 Å². The maximum atomic E-state index is 13.2. The van der Waals surface area contributed by atoms with Gasteiger partial charge >= 0.3 is 6.18 Å². The Kier molecular flexibility index (Phi) is 6.82. The van der Waals surface area contributed by atoms with Crippen molar-refractivity contribution >= 4 is 28.7 Å². The molecule has 0 radical (unpaired) electrons. The van der Waals surface area contributed by atoms with Crippen LogP contribution in [-0.2, 0) is 4.79 Å². The molecule has 4 rings (SSSR count). The van der Waals surface area contributed by atoms with Crippen molar-refractivity contribution in [3.8, 4) is 11.4 Å². The predicted octanol–water partition coefficient (Wildman–Crippen LogP) is 0.910. The molecule has 1 aliphatic heterocycles. The normalized spacial score (nSPS) is 15.7. The fraction of sp³-hybridized carbons (Fsp3) is 0.429. The van der Waals surface area contributed by atoms with Crippen LogP contribution in [0.5, 0.6) is 0 Å². The summed E-state index contributed by atoms with van der Waals surface area (Å²) in [4.78, 5) is 45.7. The van der Waals surface area contributed by atoms with Gasteiger partial charge in [-0.1, -0.05) is 0 Å². The Labute approximate surface area is 197 Å². The van der Waals surface area contributed by atoms with Gasteiger partial charge in [0.05, 0.1) is 17.1 Å². The molecule has 5 N–H and O–H groups in total. The lowest BCUT2D eigenvalue weighted by atomic mass is 10.1. The second-order valence-corrected chi connectivity index (χ2v) is 8.22. The second-order valence-electron chi connectivity index (χ2n) is 8.22. The van der Waals surface area contributed by atoms with E-state index in [1.54, 1.807) is 17.3 Å². The Morgan fingerprint density at radius 2 is 2.06 bits per heavy atom. The van der Waals surface area contributed by atoms with Gasteiger partial charge in [0, 0.05) is 25.4 Å². The van der Waals surface area contributed by atoms with E-state index in [0.717, 1.165) is 0 Å². The van der Waals surface area contributed by atoms with Gasteiger partial charge in [-0.3, -0.25) is 9.59 Å². The minimum absolute atomic E-state index is 0.0407. The number of amides is 2. The van der Waals surface area contributed by atoms with E-state index in [1.165, 1.54) is 19.3 Å². The van der Waals surface area contributed by atoms with Crippen LogP contribution in [0, 0.1) is 0 Å². The summed E-state index contributed by atoms with van der Waals surface area (Å²) < 4.78 is 37.4. The van der Waals surface area contributed by atoms with Crippen LogP contribution >= 0.6 is 0 Å². The number of alkyl halides is 3. The SMILES string of the molecule is C[C@H](Nc1cc(C(=O)N2CCC(O)CC2)nc(-c2c[nH]c3nc[nH+]cc23)n1)C(=O)NCC(F)(F)F. The Hall–Kier alpha value is -3.81. The standard InChI is InChI=1S/C21H23F3N8O3/c1-11(19(34)27-9-21(22,23)24)29-16-6-15(20(35)32-4-2-12(33)3-5-32)30-18(31-16)14-8-26-17-13(14)7-25-10-28-17/h6-8,10-12,33H,2-5,9H2,1H3,(H,27,34)(H,25,26,28)(H,29,30,31)/p+1/t11-/m0/s1. The maximum absolute atomic E-state index is 13.2. The molecule has 1 fully saturated rings. The number of halogens is 3. The number of H-pyrrole nitrogens is 2. The molecule has 0 unspecified atom stereocenters. The number of aliphatic hydroxyl groups is 1. The number of fused-ring (bicyclic) bond motifs is 1. The van der Waals surface area contributed by atoms with Gasteiger partial charge in [0.15, 0.2) is 5.82 Å². The third-order valence-corrected chi connectivity index (χ3v) is 5.55. The lowest BCUT2D eigenvalue weighted by Crippen LogP contribution is -2.42. The molecule has 35 heavy (non-hydrogen) atoms. The summed E-state index contributed by atoms with van der Waals surface area (Å²) in [5.74, 6) is -1.02. The molecule has 14 heteroatoms. The van der Waals surface area contributed by atoms with Crippen LogP contribution < -0.4 is 15.6 Å². The highest BCUT2D eigenvalue weighted by atomic mass is 19.4. The number of nitrogens with zero attached hydrogens (tertiary/aromatic N) is 4. The molecule has 2 amide bonds. The summed E-state index contributed by atoms with van der Waals surface area (Å²) in [5, 5.41) is 15.0. The van der Waals surface area contributed by atoms with E-state index in [1.807, 2.05) is 5.32 Å². The highest BCUT2D eigenvalue weighted by Crippen LogP contribution is 2.26. The van der Waals surface area contributed by atoms with Crippen LogP contribution in [0.2, 0.25) is 0 Å². The molecule has 4 heterocycles. The molecular formula is C21H24F3N8O3+. The average molecular weight is 493 g/mol. The number of hydrogen-bond donors (Lipinski definition) is 4. The Morgan fingerprint density at radius 3 is 2.77 bits per heavy atom. The molecule has 1 atom stereocenters. The lowest BCUT2D eigenvalue weighted by Gasteiger charge is -2.29. The Bertz CT molecular complexity index is 1220. The Morgan fingerprint density at radius 1 is 1.31 bits per heavy atom. The number of piperidine rings is 1. The van der Waals surface area contributed by atoms with E-state index in [0.29, 0.717) is 42.5 Å². The first-order chi connectivity index (χ1) is 16.6. The first-order valence-electron chi connectivity index (χ1n) is 10.9. The van der Waals surface area contributed by atoms with Gasteiger partial charge in [-0.2, -0.15) is 13.2 Å². The number of carbonyl (C=O) groups excluding carboxylic acids is 2. The quantitative estimate of drug-likeness (QED) is 0.399. The van der Waals surface area contributed by atoms with Gasteiger partial charge in [0.1, 0.15) is 30.3 Å². The molecule has 0 aliphatic carbocycles. The fourth-order valence-corrected chi connectivity index (χ4v) is 3.69. The summed E-state index contributed by atoms with van der Waals surface area (Å²) in [7, 11) is 0. The number of aliphatic hydroxyl groups excluding tert-OH is 1. The lowest BCUT2D eigenvalue weighted by molar-refractivity contribution is -0.380. The summed E-state index contributed by atoms with van der Waals surface area (Å²) in [6.45, 7) is 0.622. The van der Waals surface area contributed by atoms with E-state index in [-0.39, 0.29) is 23.2 Å². The zero-order valence-corrected chi connectivity index (χ0v) is 18.7. The molecule has 1 aliphatic rings. The number of anilines is 1. The molecule has 186 valence electrons. The monoisotopic (exact) mass is 493 g/mol. The van der Waals surface area contributed by atoms with Crippen molar-refractivity contribution in [2.75, 3.05) is 25.0 Å². The van der Waals surface area contributed by atoms with Crippen molar-refractivity contribution < 1.29 is 32.9 Å². The number of likely N-dealkylation sites (tertiary alicyclic amines) is 1. The zero-order valence-electron chi connectivity index (χ0n) is 18.7. The minimum Gasteiger partial charge on any atom is -0.393 e. The molecule has 0 spiro atoms. The molecule has 1 saturated heterocycles. The smallest absolute Gasteiger partial charge is 0.393 e. The molecular weight excluding hydrogens is 469 g/mol. The number of aromatic amines is 2. The first kappa shape index (κ1) is 24.3. The van der Waals surface area contributed by atoms with Crippen LogP contribution in [0.15, 0.2) is 24.8 Å².